The van der Waals surface area contributed by atoms with Crippen LogP contribution in [0.5, 0.6) is 0 Å². The fraction of sp³-hybridized carbons (Fsp3) is 0.294. The normalized spacial score (nSPS) is 12.1. The first-order valence-electron chi connectivity index (χ1n) is 7.10. The molecule has 21 heavy (non-hydrogen) atoms. The highest BCUT2D eigenvalue weighted by Gasteiger charge is 2.08. The molecule has 1 N–H and O–H groups in total. The molecule has 0 radical (unpaired) electrons. The molecule has 1 atom stereocenters. The van der Waals surface area contributed by atoms with E-state index in [0.29, 0.717) is 0 Å². The Morgan fingerprint density at radius 1 is 1.14 bits per heavy atom. The topological polar surface area (TPSA) is 55.2 Å². The maximum Gasteiger partial charge on any atom is 0.269 e. The Morgan fingerprint density at radius 3 is 2.43 bits per heavy atom. The van der Waals surface area contributed by atoms with Gasteiger partial charge >= 0.3 is 0 Å². The van der Waals surface area contributed by atoms with Gasteiger partial charge in [-0.1, -0.05) is 36.4 Å². The van der Waals surface area contributed by atoms with Crippen molar-refractivity contribution in [3.63, 3.8) is 0 Å². The van der Waals surface area contributed by atoms with Gasteiger partial charge in [0.25, 0.3) is 5.69 Å². The van der Waals surface area contributed by atoms with Crippen LogP contribution in [-0.2, 0) is 6.42 Å². The number of rotatable bonds is 6. The van der Waals surface area contributed by atoms with Gasteiger partial charge in [0.2, 0.25) is 0 Å². The average Bonchev–Trinajstić information content (AvgIpc) is 2.49. The van der Waals surface area contributed by atoms with Crippen molar-refractivity contribution in [1.29, 1.82) is 0 Å². The summed E-state index contributed by atoms with van der Waals surface area (Å²) in [5.74, 6) is 0. The Balaban J connectivity index is 1.88. The number of hydrogen-bond donors (Lipinski definition) is 1. The molecule has 0 saturated carbocycles. The fourth-order valence-corrected chi connectivity index (χ4v) is 2.32. The smallest absolute Gasteiger partial charge is 0.269 e. The summed E-state index contributed by atoms with van der Waals surface area (Å²) in [4.78, 5) is 10.3. The number of nitro benzene ring substituents is 1. The van der Waals surface area contributed by atoms with Gasteiger partial charge < -0.3 is 5.32 Å². The average molecular weight is 284 g/mol. The minimum atomic E-state index is -0.375. The third kappa shape index (κ3) is 4.13. The Bertz CT molecular complexity index is 608. The van der Waals surface area contributed by atoms with E-state index in [-0.39, 0.29) is 16.7 Å². The fourth-order valence-electron chi connectivity index (χ4n) is 2.32. The van der Waals surface area contributed by atoms with E-state index >= 15 is 0 Å². The Labute approximate surface area is 125 Å². The zero-order chi connectivity index (χ0) is 15.2. The van der Waals surface area contributed by atoms with Crippen molar-refractivity contribution in [2.45, 2.75) is 26.3 Å². The van der Waals surface area contributed by atoms with Crippen molar-refractivity contribution in [2.24, 2.45) is 0 Å². The van der Waals surface area contributed by atoms with E-state index in [0.717, 1.165) is 18.5 Å². The lowest BCUT2D eigenvalue weighted by atomic mass is 10.0. The van der Waals surface area contributed by atoms with Crippen molar-refractivity contribution in [1.82, 2.24) is 5.32 Å². The molecule has 1 unspecified atom stereocenters. The molecule has 0 fully saturated rings. The van der Waals surface area contributed by atoms with Crippen LogP contribution in [-0.4, -0.2) is 11.5 Å². The van der Waals surface area contributed by atoms with Gasteiger partial charge in [-0.15, -0.1) is 0 Å². The van der Waals surface area contributed by atoms with Crippen molar-refractivity contribution >= 4 is 5.69 Å². The van der Waals surface area contributed by atoms with Gasteiger partial charge in [0.05, 0.1) is 4.92 Å². The van der Waals surface area contributed by atoms with Crippen LogP contribution < -0.4 is 5.32 Å². The predicted molar refractivity (Wildman–Crippen MR) is 84.4 cm³/mol. The van der Waals surface area contributed by atoms with E-state index < -0.39 is 0 Å². The second-order valence-corrected chi connectivity index (χ2v) is 5.20. The minimum absolute atomic E-state index is 0.130. The van der Waals surface area contributed by atoms with Gasteiger partial charge in [-0.05, 0) is 43.5 Å². The third-order valence-electron chi connectivity index (χ3n) is 3.71. The van der Waals surface area contributed by atoms with Crippen LogP contribution in [0.15, 0.2) is 48.5 Å². The van der Waals surface area contributed by atoms with Crippen molar-refractivity contribution < 1.29 is 4.92 Å². The lowest BCUT2D eigenvalue weighted by molar-refractivity contribution is -0.384. The van der Waals surface area contributed by atoms with E-state index in [9.17, 15) is 10.1 Å². The molecule has 0 aliphatic heterocycles. The number of non-ortho nitro benzene ring substituents is 1. The summed E-state index contributed by atoms with van der Waals surface area (Å²) in [6.45, 7) is 5.07. The molecule has 0 heterocycles. The van der Waals surface area contributed by atoms with Gasteiger partial charge in [-0.3, -0.25) is 10.1 Å². The molecular formula is C17H20N2O2. The molecule has 0 aliphatic rings. The quantitative estimate of drug-likeness (QED) is 0.648. The molecule has 0 saturated heterocycles. The van der Waals surface area contributed by atoms with Crippen LogP contribution in [0.3, 0.4) is 0 Å². The summed E-state index contributed by atoms with van der Waals surface area (Å²) < 4.78 is 0. The summed E-state index contributed by atoms with van der Waals surface area (Å²) in [5.41, 5.74) is 3.85. The number of nitro groups is 1. The number of aryl methyl sites for hydroxylation is 1. The van der Waals surface area contributed by atoms with E-state index in [4.69, 9.17) is 0 Å². The van der Waals surface area contributed by atoms with Crippen LogP contribution in [0.1, 0.15) is 29.7 Å². The summed E-state index contributed by atoms with van der Waals surface area (Å²) in [6.07, 6.45) is 0.976. The largest absolute Gasteiger partial charge is 0.310 e. The van der Waals surface area contributed by atoms with Crippen molar-refractivity contribution in [3.8, 4) is 0 Å². The molecule has 4 nitrogen and oxygen atoms in total. The van der Waals surface area contributed by atoms with Gasteiger partial charge in [-0.25, -0.2) is 0 Å². The SMILES string of the molecule is Cc1ccccc1CCNC(C)c1ccc([N+](=O)[O-])cc1. The molecule has 2 aromatic rings. The monoisotopic (exact) mass is 284 g/mol. The molecule has 0 aromatic heterocycles. The molecule has 0 bridgehead atoms. The first-order chi connectivity index (χ1) is 10.1. The molecular weight excluding hydrogens is 264 g/mol. The number of benzene rings is 2. The molecule has 110 valence electrons. The van der Waals surface area contributed by atoms with Crippen LogP contribution in [0.4, 0.5) is 5.69 Å². The lowest BCUT2D eigenvalue weighted by Crippen LogP contribution is -2.21. The highest BCUT2D eigenvalue weighted by molar-refractivity contribution is 5.34. The zero-order valence-electron chi connectivity index (χ0n) is 12.4. The molecule has 2 rings (SSSR count). The van der Waals surface area contributed by atoms with E-state index in [1.54, 1.807) is 12.1 Å². The van der Waals surface area contributed by atoms with E-state index in [1.807, 2.05) is 18.2 Å². The summed E-state index contributed by atoms with van der Waals surface area (Å²) >= 11 is 0. The van der Waals surface area contributed by atoms with E-state index in [2.05, 4.69) is 37.4 Å². The number of nitrogens with zero attached hydrogens (tertiary/aromatic N) is 1. The molecule has 4 heteroatoms. The lowest BCUT2D eigenvalue weighted by Gasteiger charge is -2.14. The minimum Gasteiger partial charge on any atom is -0.310 e. The molecule has 0 amide bonds. The first kappa shape index (κ1) is 15.2. The highest BCUT2D eigenvalue weighted by atomic mass is 16.6. The predicted octanol–water partition coefficient (Wildman–Crippen LogP) is 3.80. The summed E-state index contributed by atoms with van der Waals surface area (Å²) in [6, 6.07) is 15.3. The van der Waals surface area contributed by atoms with Crippen LogP contribution in [0, 0.1) is 17.0 Å². The zero-order valence-corrected chi connectivity index (χ0v) is 12.4. The van der Waals surface area contributed by atoms with Crippen molar-refractivity contribution in [3.05, 3.63) is 75.3 Å². The maximum absolute atomic E-state index is 10.6. The van der Waals surface area contributed by atoms with Gasteiger partial charge in [-0.2, -0.15) is 0 Å². The van der Waals surface area contributed by atoms with Gasteiger partial charge in [0.15, 0.2) is 0 Å². The van der Waals surface area contributed by atoms with Crippen LogP contribution >= 0.6 is 0 Å². The maximum atomic E-state index is 10.6. The second kappa shape index (κ2) is 6.99. The molecule has 2 aromatic carbocycles. The van der Waals surface area contributed by atoms with Crippen LogP contribution in [0.2, 0.25) is 0 Å². The number of nitrogens with one attached hydrogen (secondary N) is 1. The van der Waals surface area contributed by atoms with E-state index in [1.165, 1.54) is 11.1 Å². The second-order valence-electron chi connectivity index (χ2n) is 5.20. The van der Waals surface area contributed by atoms with Crippen molar-refractivity contribution in [2.75, 3.05) is 6.54 Å². The van der Waals surface area contributed by atoms with Gasteiger partial charge in [0, 0.05) is 18.2 Å². The number of hydrogen-bond acceptors (Lipinski definition) is 3. The first-order valence-corrected chi connectivity index (χ1v) is 7.10. The Kier molecular flexibility index (Phi) is 5.06. The Hall–Kier alpha value is -2.20. The molecule has 0 aliphatic carbocycles. The van der Waals surface area contributed by atoms with Crippen LogP contribution in [0.25, 0.3) is 0 Å². The summed E-state index contributed by atoms with van der Waals surface area (Å²) in [7, 11) is 0. The highest BCUT2D eigenvalue weighted by Crippen LogP contribution is 2.17. The third-order valence-corrected chi connectivity index (χ3v) is 3.71. The standard InChI is InChI=1S/C17H20N2O2/c1-13-5-3-4-6-15(13)11-12-18-14(2)16-7-9-17(10-8-16)19(20)21/h3-10,14,18H,11-12H2,1-2H3. The molecule has 0 spiro atoms. The Morgan fingerprint density at radius 2 is 1.81 bits per heavy atom. The summed E-state index contributed by atoms with van der Waals surface area (Å²) in [5, 5.41) is 14.1. The van der Waals surface area contributed by atoms with Gasteiger partial charge in [0.1, 0.15) is 0 Å².